The summed E-state index contributed by atoms with van der Waals surface area (Å²) in [7, 11) is 0. The first-order chi connectivity index (χ1) is 12.4. The predicted octanol–water partition coefficient (Wildman–Crippen LogP) is 4.98. The van der Waals surface area contributed by atoms with Crippen LogP contribution in [0.15, 0.2) is 48.5 Å². The molecular weight excluding hydrogens is 355 g/mol. The minimum Gasteiger partial charge on any atom is -0.308 e. The Morgan fingerprint density at radius 3 is 2.38 bits per heavy atom. The number of amides is 2. The molecule has 7 heteroatoms. The van der Waals surface area contributed by atoms with Gasteiger partial charge in [0.25, 0.3) is 0 Å². The third-order valence-corrected chi connectivity index (χ3v) is 4.22. The van der Waals surface area contributed by atoms with Gasteiger partial charge in [0, 0.05) is 10.7 Å². The van der Waals surface area contributed by atoms with Crippen molar-refractivity contribution in [1.82, 2.24) is 9.78 Å². The zero-order valence-electron chi connectivity index (χ0n) is 14.4. The fourth-order valence-corrected chi connectivity index (χ4v) is 2.73. The summed E-state index contributed by atoms with van der Waals surface area (Å²) < 4.78 is 14.8. The summed E-state index contributed by atoms with van der Waals surface area (Å²) in [5.41, 5.74) is 3.74. The van der Waals surface area contributed by atoms with E-state index in [1.807, 2.05) is 13.8 Å². The molecule has 0 bridgehead atoms. The molecule has 2 N–H and O–H groups in total. The van der Waals surface area contributed by atoms with Gasteiger partial charge in [-0.3, -0.25) is 4.68 Å². The van der Waals surface area contributed by atoms with Crippen LogP contribution in [0, 0.1) is 19.7 Å². The molecule has 3 rings (SSSR count). The number of carbonyl (C=O) groups is 1. The van der Waals surface area contributed by atoms with Crippen molar-refractivity contribution >= 4 is 29.0 Å². The maximum absolute atomic E-state index is 13.0. The van der Waals surface area contributed by atoms with Crippen molar-refractivity contribution < 1.29 is 9.18 Å². The molecule has 0 fully saturated rings. The smallest absolute Gasteiger partial charge is 0.308 e. The SMILES string of the molecule is Cc1nn(Cc2ccc(F)cc2)c(C)c1NC(=O)Nc1ccc(Cl)cc1. The second kappa shape index (κ2) is 7.58. The Hall–Kier alpha value is -2.86. The molecule has 0 aliphatic carbocycles. The van der Waals surface area contributed by atoms with Crippen molar-refractivity contribution in [3.05, 3.63) is 76.3 Å². The maximum atomic E-state index is 13.0. The Morgan fingerprint density at radius 1 is 1.08 bits per heavy atom. The van der Waals surface area contributed by atoms with E-state index in [9.17, 15) is 9.18 Å². The molecule has 134 valence electrons. The van der Waals surface area contributed by atoms with Gasteiger partial charge in [-0.1, -0.05) is 23.7 Å². The Bertz CT molecular complexity index is 920. The zero-order valence-corrected chi connectivity index (χ0v) is 15.1. The Labute approximate surface area is 155 Å². The van der Waals surface area contributed by atoms with Gasteiger partial charge in [-0.25, -0.2) is 9.18 Å². The van der Waals surface area contributed by atoms with E-state index in [1.54, 1.807) is 41.1 Å². The molecule has 3 aromatic rings. The molecule has 0 unspecified atom stereocenters. The zero-order chi connectivity index (χ0) is 18.7. The highest BCUT2D eigenvalue weighted by Gasteiger charge is 2.14. The first kappa shape index (κ1) is 17.9. The number of aryl methyl sites for hydroxylation is 1. The van der Waals surface area contributed by atoms with Crippen LogP contribution in [0.25, 0.3) is 0 Å². The maximum Gasteiger partial charge on any atom is 0.323 e. The van der Waals surface area contributed by atoms with Gasteiger partial charge in [0.05, 0.1) is 23.6 Å². The second-order valence-electron chi connectivity index (χ2n) is 5.92. The molecular formula is C19H18ClFN4O. The minimum absolute atomic E-state index is 0.275. The summed E-state index contributed by atoms with van der Waals surface area (Å²) in [5, 5.41) is 10.6. The van der Waals surface area contributed by atoms with E-state index < -0.39 is 0 Å². The van der Waals surface area contributed by atoms with Crippen LogP contribution in [0.1, 0.15) is 17.0 Å². The topological polar surface area (TPSA) is 59.0 Å². The van der Waals surface area contributed by atoms with E-state index in [0.29, 0.717) is 28.6 Å². The monoisotopic (exact) mass is 372 g/mol. The number of carbonyl (C=O) groups excluding carboxylic acids is 1. The average molecular weight is 373 g/mol. The molecule has 0 saturated carbocycles. The fourth-order valence-electron chi connectivity index (χ4n) is 2.60. The fraction of sp³-hybridized carbons (Fsp3) is 0.158. The van der Waals surface area contributed by atoms with Gasteiger partial charge in [0.15, 0.2) is 0 Å². The lowest BCUT2D eigenvalue weighted by atomic mass is 10.2. The number of anilines is 2. The van der Waals surface area contributed by atoms with Crippen molar-refractivity contribution in [2.45, 2.75) is 20.4 Å². The Morgan fingerprint density at radius 2 is 1.73 bits per heavy atom. The largest absolute Gasteiger partial charge is 0.323 e. The van der Waals surface area contributed by atoms with Crippen LogP contribution in [0.3, 0.4) is 0 Å². The summed E-state index contributed by atoms with van der Waals surface area (Å²) in [6, 6.07) is 12.7. The van der Waals surface area contributed by atoms with E-state index in [0.717, 1.165) is 11.3 Å². The van der Waals surface area contributed by atoms with Crippen LogP contribution >= 0.6 is 11.6 Å². The summed E-state index contributed by atoms with van der Waals surface area (Å²) >= 11 is 5.84. The van der Waals surface area contributed by atoms with Gasteiger partial charge < -0.3 is 10.6 Å². The van der Waals surface area contributed by atoms with Crippen molar-refractivity contribution in [1.29, 1.82) is 0 Å². The lowest BCUT2D eigenvalue weighted by Gasteiger charge is -2.09. The van der Waals surface area contributed by atoms with Crippen LogP contribution in [0.4, 0.5) is 20.6 Å². The van der Waals surface area contributed by atoms with Crippen molar-refractivity contribution in [3.8, 4) is 0 Å². The predicted molar refractivity (Wildman–Crippen MR) is 101 cm³/mol. The minimum atomic E-state index is -0.361. The van der Waals surface area contributed by atoms with E-state index >= 15 is 0 Å². The lowest BCUT2D eigenvalue weighted by molar-refractivity contribution is 0.262. The van der Waals surface area contributed by atoms with Gasteiger partial charge in [-0.15, -0.1) is 0 Å². The molecule has 0 aliphatic heterocycles. The van der Waals surface area contributed by atoms with Crippen LogP contribution in [0.2, 0.25) is 5.02 Å². The molecule has 1 heterocycles. The highest BCUT2D eigenvalue weighted by atomic mass is 35.5. The first-order valence-corrected chi connectivity index (χ1v) is 8.42. The molecule has 2 amide bonds. The highest BCUT2D eigenvalue weighted by molar-refractivity contribution is 6.30. The van der Waals surface area contributed by atoms with E-state index in [4.69, 9.17) is 11.6 Å². The number of urea groups is 1. The second-order valence-corrected chi connectivity index (χ2v) is 6.35. The molecule has 26 heavy (non-hydrogen) atoms. The van der Waals surface area contributed by atoms with Crippen LogP contribution in [0.5, 0.6) is 0 Å². The van der Waals surface area contributed by atoms with Crippen LogP contribution in [-0.2, 0) is 6.54 Å². The first-order valence-electron chi connectivity index (χ1n) is 8.04. The molecule has 1 aromatic heterocycles. The molecule has 0 spiro atoms. The molecule has 0 aliphatic rings. The number of hydrogen-bond donors (Lipinski definition) is 2. The third-order valence-electron chi connectivity index (χ3n) is 3.97. The van der Waals surface area contributed by atoms with Gasteiger partial charge in [0.1, 0.15) is 5.82 Å². The number of aromatic nitrogens is 2. The Balaban J connectivity index is 1.71. The van der Waals surface area contributed by atoms with Crippen molar-refractivity contribution in [3.63, 3.8) is 0 Å². The molecule has 0 radical (unpaired) electrons. The quantitative estimate of drug-likeness (QED) is 0.678. The molecule has 0 atom stereocenters. The number of hydrogen-bond acceptors (Lipinski definition) is 2. The molecule has 2 aromatic carbocycles. The number of halogens is 2. The summed E-state index contributed by atoms with van der Waals surface area (Å²) in [4.78, 5) is 12.2. The summed E-state index contributed by atoms with van der Waals surface area (Å²) in [6.45, 7) is 4.20. The van der Waals surface area contributed by atoms with Crippen molar-refractivity contribution in [2.75, 3.05) is 10.6 Å². The van der Waals surface area contributed by atoms with Gasteiger partial charge in [-0.2, -0.15) is 5.10 Å². The van der Waals surface area contributed by atoms with E-state index in [1.165, 1.54) is 12.1 Å². The van der Waals surface area contributed by atoms with Crippen molar-refractivity contribution in [2.24, 2.45) is 0 Å². The van der Waals surface area contributed by atoms with Crippen LogP contribution in [-0.4, -0.2) is 15.8 Å². The summed E-state index contributed by atoms with van der Waals surface area (Å²) in [5.74, 6) is -0.275. The van der Waals surface area contributed by atoms with Crippen LogP contribution < -0.4 is 10.6 Å². The Kier molecular flexibility index (Phi) is 5.23. The number of nitrogens with one attached hydrogen (secondary N) is 2. The lowest BCUT2D eigenvalue weighted by Crippen LogP contribution is -2.20. The van der Waals surface area contributed by atoms with E-state index in [2.05, 4.69) is 15.7 Å². The number of nitrogens with zero attached hydrogens (tertiary/aromatic N) is 2. The van der Waals surface area contributed by atoms with Gasteiger partial charge >= 0.3 is 6.03 Å². The average Bonchev–Trinajstić information content (AvgIpc) is 2.86. The van der Waals surface area contributed by atoms with Gasteiger partial charge in [-0.05, 0) is 55.8 Å². The summed E-state index contributed by atoms with van der Waals surface area (Å²) in [6.07, 6.45) is 0. The third kappa shape index (κ3) is 4.21. The number of rotatable bonds is 4. The molecule has 0 saturated heterocycles. The van der Waals surface area contributed by atoms with E-state index in [-0.39, 0.29) is 11.8 Å². The number of benzene rings is 2. The standard InChI is InChI=1S/C19H18ClFN4O/c1-12-18(23-19(26)22-17-9-5-15(20)6-10-17)13(2)25(24-12)11-14-3-7-16(21)8-4-14/h3-10H,11H2,1-2H3,(H2,22,23,26). The van der Waals surface area contributed by atoms with Gasteiger partial charge in [0.2, 0.25) is 0 Å². The normalized spacial score (nSPS) is 10.6. The molecule has 5 nitrogen and oxygen atoms in total. The highest BCUT2D eigenvalue weighted by Crippen LogP contribution is 2.21.